The van der Waals surface area contributed by atoms with Gasteiger partial charge in [0.15, 0.2) is 0 Å². The standard InChI is InChI=1S/C22H23N5O3S/c1-22(2,18-6-3-7-20(25-18)27-31(29,30)17-9-10-17)21(28)26-19-11-8-16(14-24-19)15-5-4-12-23-13-15/h3-8,11-14,17H,9-10H2,1-2H3,(H,25,27)(H,24,26,28). The van der Waals surface area contributed by atoms with Crippen LogP contribution in [0.4, 0.5) is 11.6 Å². The summed E-state index contributed by atoms with van der Waals surface area (Å²) in [5, 5.41) is 2.46. The minimum absolute atomic E-state index is 0.212. The zero-order valence-corrected chi connectivity index (χ0v) is 18.1. The van der Waals surface area contributed by atoms with Crippen molar-refractivity contribution in [3.63, 3.8) is 0 Å². The molecule has 1 fully saturated rings. The Morgan fingerprint density at radius 3 is 2.42 bits per heavy atom. The lowest BCUT2D eigenvalue weighted by Gasteiger charge is -2.23. The lowest BCUT2D eigenvalue weighted by Crippen LogP contribution is -2.36. The molecule has 31 heavy (non-hydrogen) atoms. The lowest BCUT2D eigenvalue weighted by molar-refractivity contribution is -0.120. The number of sulfonamides is 1. The van der Waals surface area contributed by atoms with E-state index in [1.54, 1.807) is 56.7 Å². The highest BCUT2D eigenvalue weighted by Crippen LogP contribution is 2.30. The number of aromatic nitrogens is 3. The summed E-state index contributed by atoms with van der Waals surface area (Å²) in [6.07, 6.45) is 6.44. The van der Waals surface area contributed by atoms with Crippen LogP contribution < -0.4 is 10.0 Å². The Morgan fingerprint density at radius 2 is 1.77 bits per heavy atom. The zero-order chi connectivity index (χ0) is 22.1. The third-order valence-electron chi connectivity index (χ3n) is 5.17. The molecule has 8 nitrogen and oxygen atoms in total. The second kappa shape index (κ2) is 8.07. The molecular weight excluding hydrogens is 414 g/mol. The van der Waals surface area contributed by atoms with Crippen molar-refractivity contribution in [3.8, 4) is 11.1 Å². The largest absolute Gasteiger partial charge is 0.310 e. The van der Waals surface area contributed by atoms with E-state index in [0.29, 0.717) is 24.4 Å². The van der Waals surface area contributed by atoms with Crippen LogP contribution in [0.3, 0.4) is 0 Å². The number of rotatable bonds is 7. The van der Waals surface area contributed by atoms with Crippen molar-refractivity contribution in [1.29, 1.82) is 0 Å². The van der Waals surface area contributed by atoms with Crippen LogP contribution in [0.15, 0.2) is 61.1 Å². The molecule has 0 unspecified atom stereocenters. The fourth-order valence-electron chi connectivity index (χ4n) is 3.01. The third-order valence-corrected chi connectivity index (χ3v) is 7.01. The maximum absolute atomic E-state index is 13.0. The molecule has 0 spiro atoms. The molecule has 0 saturated heterocycles. The summed E-state index contributed by atoms with van der Waals surface area (Å²) in [7, 11) is -3.43. The molecule has 1 amide bonds. The van der Waals surface area contributed by atoms with Gasteiger partial charge in [0, 0.05) is 29.7 Å². The molecule has 0 bridgehead atoms. The van der Waals surface area contributed by atoms with Gasteiger partial charge in [0.05, 0.1) is 16.4 Å². The molecule has 0 radical (unpaired) electrons. The summed E-state index contributed by atoms with van der Waals surface area (Å²) in [5.41, 5.74) is 1.27. The number of amides is 1. The molecule has 1 aliphatic carbocycles. The summed E-state index contributed by atoms with van der Waals surface area (Å²) < 4.78 is 26.9. The minimum atomic E-state index is -3.43. The number of hydrogen-bond donors (Lipinski definition) is 2. The van der Waals surface area contributed by atoms with E-state index in [4.69, 9.17) is 0 Å². The second-order valence-corrected chi connectivity index (χ2v) is 9.97. The number of nitrogens with one attached hydrogen (secondary N) is 2. The maximum atomic E-state index is 13.0. The van der Waals surface area contributed by atoms with Crippen molar-refractivity contribution in [2.24, 2.45) is 0 Å². The topological polar surface area (TPSA) is 114 Å². The van der Waals surface area contributed by atoms with Crippen molar-refractivity contribution in [3.05, 3.63) is 66.7 Å². The predicted molar refractivity (Wildman–Crippen MR) is 119 cm³/mol. The molecule has 2 N–H and O–H groups in total. The van der Waals surface area contributed by atoms with E-state index in [-0.39, 0.29) is 17.0 Å². The number of hydrogen-bond acceptors (Lipinski definition) is 6. The van der Waals surface area contributed by atoms with Crippen molar-refractivity contribution >= 4 is 27.6 Å². The predicted octanol–water partition coefficient (Wildman–Crippen LogP) is 3.36. The summed E-state index contributed by atoms with van der Waals surface area (Å²) in [5.74, 6) is 0.323. The molecule has 0 atom stereocenters. The average Bonchev–Trinajstić information content (AvgIpc) is 3.61. The first-order valence-corrected chi connectivity index (χ1v) is 11.5. The first-order valence-electron chi connectivity index (χ1n) is 9.93. The fraction of sp³-hybridized carbons (Fsp3) is 0.273. The highest BCUT2D eigenvalue weighted by atomic mass is 32.2. The lowest BCUT2D eigenvalue weighted by atomic mass is 9.87. The molecule has 0 aliphatic heterocycles. The van der Waals surface area contributed by atoms with Gasteiger partial charge in [-0.15, -0.1) is 0 Å². The SMILES string of the molecule is CC(C)(C(=O)Nc1ccc(-c2cccnc2)cn1)c1cccc(NS(=O)(=O)C2CC2)n1. The van der Waals surface area contributed by atoms with Crippen LogP contribution in [-0.2, 0) is 20.2 Å². The van der Waals surface area contributed by atoms with Gasteiger partial charge in [-0.05, 0) is 57.0 Å². The molecule has 1 aliphatic rings. The van der Waals surface area contributed by atoms with Gasteiger partial charge < -0.3 is 5.32 Å². The van der Waals surface area contributed by atoms with E-state index in [9.17, 15) is 13.2 Å². The van der Waals surface area contributed by atoms with Gasteiger partial charge in [0.25, 0.3) is 0 Å². The minimum Gasteiger partial charge on any atom is -0.310 e. The number of carbonyl (C=O) groups is 1. The third kappa shape index (κ3) is 4.72. The zero-order valence-electron chi connectivity index (χ0n) is 17.2. The number of pyridine rings is 3. The molecule has 4 rings (SSSR count). The van der Waals surface area contributed by atoms with Gasteiger partial charge >= 0.3 is 0 Å². The van der Waals surface area contributed by atoms with E-state index < -0.39 is 15.4 Å². The summed E-state index contributed by atoms with van der Waals surface area (Å²) in [4.78, 5) is 25.8. The van der Waals surface area contributed by atoms with Crippen LogP contribution in [0.1, 0.15) is 32.4 Å². The summed E-state index contributed by atoms with van der Waals surface area (Å²) in [6, 6.07) is 12.3. The van der Waals surface area contributed by atoms with E-state index in [1.807, 2.05) is 18.2 Å². The number of carbonyl (C=O) groups excluding carboxylic acids is 1. The molecule has 1 saturated carbocycles. The van der Waals surface area contributed by atoms with Crippen molar-refractivity contribution in [2.45, 2.75) is 37.4 Å². The van der Waals surface area contributed by atoms with Gasteiger partial charge in [0.1, 0.15) is 11.6 Å². The molecule has 3 heterocycles. The Hall–Kier alpha value is -3.33. The van der Waals surface area contributed by atoms with Crippen LogP contribution in [0.25, 0.3) is 11.1 Å². The fourth-order valence-corrected chi connectivity index (χ4v) is 4.34. The highest BCUT2D eigenvalue weighted by molar-refractivity contribution is 7.93. The van der Waals surface area contributed by atoms with Gasteiger partial charge in [0.2, 0.25) is 15.9 Å². The molecular formula is C22H23N5O3S. The van der Waals surface area contributed by atoms with Gasteiger partial charge in [-0.2, -0.15) is 0 Å². The van der Waals surface area contributed by atoms with Crippen LogP contribution >= 0.6 is 0 Å². The normalized spacial score (nSPS) is 14.1. The van der Waals surface area contributed by atoms with Gasteiger partial charge in [-0.1, -0.05) is 12.1 Å². The molecule has 3 aromatic rings. The van der Waals surface area contributed by atoms with E-state index in [0.717, 1.165) is 11.1 Å². The summed E-state index contributed by atoms with van der Waals surface area (Å²) >= 11 is 0. The molecule has 0 aromatic carbocycles. The maximum Gasteiger partial charge on any atom is 0.237 e. The van der Waals surface area contributed by atoms with Crippen LogP contribution in [0, 0.1) is 0 Å². The van der Waals surface area contributed by atoms with Crippen LogP contribution in [0.5, 0.6) is 0 Å². The van der Waals surface area contributed by atoms with Gasteiger partial charge in [-0.3, -0.25) is 14.5 Å². The molecule has 9 heteroatoms. The van der Waals surface area contributed by atoms with Crippen molar-refractivity contribution in [1.82, 2.24) is 15.0 Å². The van der Waals surface area contributed by atoms with Crippen LogP contribution in [0.2, 0.25) is 0 Å². The smallest absolute Gasteiger partial charge is 0.237 e. The van der Waals surface area contributed by atoms with E-state index in [2.05, 4.69) is 25.0 Å². The quantitative estimate of drug-likeness (QED) is 0.586. The molecule has 160 valence electrons. The van der Waals surface area contributed by atoms with Gasteiger partial charge in [-0.25, -0.2) is 18.4 Å². The molecule has 3 aromatic heterocycles. The second-order valence-electron chi connectivity index (χ2n) is 8.01. The average molecular weight is 438 g/mol. The summed E-state index contributed by atoms with van der Waals surface area (Å²) in [6.45, 7) is 3.46. The highest BCUT2D eigenvalue weighted by Gasteiger charge is 2.36. The monoisotopic (exact) mass is 437 g/mol. The Labute approximate surface area is 181 Å². The Kier molecular flexibility index (Phi) is 5.45. The van der Waals surface area contributed by atoms with E-state index >= 15 is 0 Å². The first kappa shape index (κ1) is 20.9. The van der Waals surface area contributed by atoms with Crippen molar-refractivity contribution in [2.75, 3.05) is 10.0 Å². The van der Waals surface area contributed by atoms with E-state index in [1.165, 1.54) is 0 Å². The Morgan fingerprint density at radius 1 is 1.00 bits per heavy atom. The first-order chi connectivity index (χ1) is 14.8. The Bertz CT molecular complexity index is 1190. The number of anilines is 2. The van der Waals surface area contributed by atoms with Crippen molar-refractivity contribution < 1.29 is 13.2 Å². The van der Waals surface area contributed by atoms with Crippen LogP contribution in [-0.4, -0.2) is 34.5 Å². The Balaban J connectivity index is 1.48. The number of nitrogens with zero attached hydrogens (tertiary/aromatic N) is 3.